The van der Waals surface area contributed by atoms with E-state index in [0.29, 0.717) is 11.1 Å². The molecule has 102 valence electrons. The number of hydrogen-bond acceptors (Lipinski definition) is 4. The number of aromatic nitrogens is 2. The minimum Gasteiger partial charge on any atom is -0.365 e. The van der Waals surface area contributed by atoms with Crippen LogP contribution < -0.4 is 10.6 Å². The Morgan fingerprint density at radius 3 is 2.22 bits per heavy atom. The molecule has 1 aromatic rings. The summed E-state index contributed by atoms with van der Waals surface area (Å²) >= 11 is 6.00. The van der Waals surface area contributed by atoms with E-state index < -0.39 is 0 Å². The van der Waals surface area contributed by atoms with Crippen LogP contribution in [0.5, 0.6) is 0 Å². The molecule has 0 aliphatic carbocycles. The van der Waals surface area contributed by atoms with Crippen molar-refractivity contribution < 1.29 is 0 Å². The Bertz CT molecular complexity index is 404. The summed E-state index contributed by atoms with van der Waals surface area (Å²) < 4.78 is 0. The minimum atomic E-state index is -0.0566. The Hall–Kier alpha value is -1.03. The molecule has 1 aromatic heterocycles. The van der Waals surface area contributed by atoms with Crippen LogP contribution >= 0.6 is 11.6 Å². The standard InChI is InChI=1S/C13H23ClN4/c1-12(2,3)8-15-11-16-9(14)7-10(17-11)18-13(4,5)6/h7H,8H2,1-6H3,(H2,15,16,17,18). The maximum Gasteiger partial charge on any atom is 0.226 e. The fraction of sp³-hybridized carbons (Fsp3) is 0.692. The largest absolute Gasteiger partial charge is 0.365 e. The maximum absolute atomic E-state index is 6.00. The first-order chi connectivity index (χ1) is 8.05. The summed E-state index contributed by atoms with van der Waals surface area (Å²) in [5, 5.41) is 6.93. The summed E-state index contributed by atoms with van der Waals surface area (Å²) in [6, 6.07) is 1.73. The lowest BCUT2D eigenvalue weighted by Crippen LogP contribution is -2.27. The van der Waals surface area contributed by atoms with Gasteiger partial charge in [0, 0.05) is 18.2 Å². The van der Waals surface area contributed by atoms with Crippen LogP contribution in [0.2, 0.25) is 5.15 Å². The molecule has 0 aromatic carbocycles. The predicted molar refractivity (Wildman–Crippen MR) is 78.4 cm³/mol. The van der Waals surface area contributed by atoms with Gasteiger partial charge in [0.2, 0.25) is 5.95 Å². The highest BCUT2D eigenvalue weighted by Crippen LogP contribution is 2.19. The average molecular weight is 271 g/mol. The lowest BCUT2D eigenvalue weighted by atomic mass is 9.97. The van der Waals surface area contributed by atoms with Gasteiger partial charge in [-0.3, -0.25) is 0 Å². The van der Waals surface area contributed by atoms with E-state index in [2.05, 4.69) is 62.1 Å². The second-order valence-electron chi connectivity index (χ2n) is 6.69. The SMILES string of the molecule is CC(C)(C)CNc1nc(Cl)cc(NC(C)(C)C)n1. The van der Waals surface area contributed by atoms with E-state index in [-0.39, 0.29) is 11.0 Å². The zero-order valence-electron chi connectivity index (χ0n) is 12.1. The van der Waals surface area contributed by atoms with Gasteiger partial charge in [-0.1, -0.05) is 32.4 Å². The predicted octanol–water partition coefficient (Wildman–Crippen LogP) is 3.80. The molecule has 0 spiro atoms. The van der Waals surface area contributed by atoms with E-state index >= 15 is 0 Å². The van der Waals surface area contributed by atoms with Crippen LogP contribution in [0.25, 0.3) is 0 Å². The van der Waals surface area contributed by atoms with Gasteiger partial charge in [-0.15, -0.1) is 0 Å². The van der Waals surface area contributed by atoms with E-state index in [9.17, 15) is 0 Å². The van der Waals surface area contributed by atoms with Gasteiger partial charge in [0.15, 0.2) is 0 Å². The molecule has 0 bridgehead atoms. The smallest absolute Gasteiger partial charge is 0.226 e. The Labute approximate surface area is 115 Å². The normalized spacial score (nSPS) is 12.4. The van der Waals surface area contributed by atoms with Crippen LogP contribution in [-0.2, 0) is 0 Å². The van der Waals surface area contributed by atoms with Crippen LogP contribution in [0.4, 0.5) is 11.8 Å². The van der Waals surface area contributed by atoms with Gasteiger partial charge in [0.05, 0.1) is 0 Å². The molecule has 0 fully saturated rings. The van der Waals surface area contributed by atoms with Crippen molar-refractivity contribution in [1.29, 1.82) is 0 Å². The minimum absolute atomic E-state index is 0.0566. The Balaban J connectivity index is 2.81. The maximum atomic E-state index is 6.00. The highest BCUT2D eigenvalue weighted by Gasteiger charge is 2.14. The number of hydrogen-bond donors (Lipinski definition) is 2. The third-order valence-corrected chi connectivity index (χ3v) is 2.17. The molecule has 0 aliphatic rings. The summed E-state index contributed by atoms with van der Waals surface area (Å²) in [4.78, 5) is 8.57. The van der Waals surface area contributed by atoms with E-state index in [1.165, 1.54) is 0 Å². The molecule has 4 nitrogen and oxygen atoms in total. The number of anilines is 2. The van der Waals surface area contributed by atoms with Gasteiger partial charge in [0.1, 0.15) is 11.0 Å². The van der Waals surface area contributed by atoms with Gasteiger partial charge < -0.3 is 10.6 Å². The molecule has 0 saturated heterocycles. The molecule has 0 atom stereocenters. The van der Waals surface area contributed by atoms with Gasteiger partial charge in [-0.2, -0.15) is 4.98 Å². The third kappa shape index (κ3) is 6.05. The van der Waals surface area contributed by atoms with Crippen LogP contribution in [0.1, 0.15) is 41.5 Å². The summed E-state index contributed by atoms with van der Waals surface area (Å²) in [5.74, 6) is 1.29. The zero-order chi connectivity index (χ0) is 14.0. The van der Waals surface area contributed by atoms with Gasteiger partial charge in [0.25, 0.3) is 0 Å². The Morgan fingerprint density at radius 1 is 1.11 bits per heavy atom. The average Bonchev–Trinajstić information content (AvgIpc) is 2.09. The fourth-order valence-electron chi connectivity index (χ4n) is 1.29. The molecule has 0 unspecified atom stereocenters. The molecule has 0 radical (unpaired) electrons. The highest BCUT2D eigenvalue weighted by atomic mass is 35.5. The van der Waals surface area contributed by atoms with E-state index in [1.807, 2.05) is 0 Å². The van der Waals surface area contributed by atoms with Crippen molar-refractivity contribution in [1.82, 2.24) is 9.97 Å². The number of nitrogens with zero attached hydrogens (tertiary/aromatic N) is 2. The van der Waals surface area contributed by atoms with Crippen LogP contribution in [0.3, 0.4) is 0 Å². The highest BCUT2D eigenvalue weighted by molar-refractivity contribution is 6.29. The monoisotopic (exact) mass is 270 g/mol. The van der Waals surface area contributed by atoms with Crippen molar-refractivity contribution in [3.05, 3.63) is 11.2 Å². The first-order valence-electron chi connectivity index (χ1n) is 6.12. The fourth-order valence-corrected chi connectivity index (χ4v) is 1.47. The van der Waals surface area contributed by atoms with E-state index in [4.69, 9.17) is 11.6 Å². The number of halogens is 1. The van der Waals surface area contributed by atoms with Crippen LogP contribution in [0.15, 0.2) is 6.07 Å². The summed E-state index contributed by atoms with van der Waals surface area (Å²) in [6.07, 6.45) is 0. The van der Waals surface area contributed by atoms with Crippen LogP contribution in [-0.4, -0.2) is 22.1 Å². The molecule has 5 heteroatoms. The molecule has 2 N–H and O–H groups in total. The topological polar surface area (TPSA) is 49.8 Å². The van der Waals surface area contributed by atoms with Crippen molar-refractivity contribution in [3.63, 3.8) is 0 Å². The second kappa shape index (κ2) is 5.31. The molecule has 1 heterocycles. The molecule has 0 amide bonds. The van der Waals surface area contributed by atoms with Crippen molar-refractivity contribution >= 4 is 23.4 Å². The first kappa shape index (κ1) is 15.0. The van der Waals surface area contributed by atoms with Crippen molar-refractivity contribution in [2.45, 2.75) is 47.1 Å². The van der Waals surface area contributed by atoms with E-state index in [1.54, 1.807) is 6.07 Å². The summed E-state index contributed by atoms with van der Waals surface area (Å²) in [5.41, 5.74) is 0.113. The Kier molecular flexibility index (Phi) is 4.43. The molecule has 18 heavy (non-hydrogen) atoms. The second-order valence-corrected chi connectivity index (χ2v) is 7.08. The number of nitrogens with one attached hydrogen (secondary N) is 2. The van der Waals surface area contributed by atoms with Crippen molar-refractivity contribution in [2.75, 3.05) is 17.2 Å². The lowest BCUT2D eigenvalue weighted by molar-refractivity contribution is 0.442. The molecule has 0 aliphatic heterocycles. The number of rotatable bonds is 3. The quantitative estimate of drug-likeness (QED) is 0.821. The van der Waals surface area contributed by atoms with Crippen molar-refractivity contribution in [2.24, 2.45) is 5.41 Å². The Morgan fingerprint density at radius 2 is 1.72 bits per heavy atom. The molecule has 1 rings (SSSR count). The van der Waals surface area contributed by atoms with Gasteiger partial charge >= 0.3 is 0 Å². The van der Waals surface area contributed by atoms with Crippen molar-refractivity contribution in [3.8, 4) is 0 Å². The van der Waals surface area contributed by atoms with Gasteiger partial charge in [-0.25, -0.2) is 4.98 Å². The molecular formula is C13H23ClN4. The first-order valence-corrected chi connectivity index (χ1v) is 6.50. The summed E-state index contributed by atoms with van der Waals surface area (Å²) in [7, 11) is 0. The van der Waals surface area contributed by atoms with E-state index in [0.717, 1.165) is 12.4 Å². The molecule has 0 saturated carbocycles. The van der Waals surface area contributed by atoms with Gasteiger partial charge in [-0.05, 0) is 26.2 Å². The lowest BCUT2D eigenvalue weighted by Gasteiger charge is -2.22. The molecular weight excluding hydrogens is 248 g/mol. The van der Waals surface area contributed by atoms with Crippen LogP contribution in [0, 0.1) is 5.41 Å². The third-order valence-electron chi connectivity index (χ3n) is 1.97. The zero-order valence-corrected chi connectivity index (χ0v) is 12.8. The summed E-state index contributed by atoms with van der Waals surface area (Å²) in [6.45, 7) is 13.5.